The van der Waals surface area contributed by atoms with E-state index in [1.165, 1.54) is 6.07 Å². The minimum atomic E-state index is -0.227. The summed E-state index contributed by atoms with van der Waals surface area (Å²) >= 11 is 0. The SMILES string of the molecule is O=c1cc(-c2ccco2)nc(-c2cccnc2)[nH]1. The Morgan fingerprint density at radius 2 is 2.17 bits per heavy atom. The number of furan rings is 1. The van der Waals surface area contributed by atoms with Gasteiger partial charge in [0.25, 0.3) is 5.56 Å². The summed E-state index contributed by atoms with van der Waals surface area (Å²) in [5.41, 5.74) is 1.03. The van der Waals surface area contributed by atoms with Crippen molar-refractivity contribution in [1.29, 1.82) is 0 Å². The quantitative estimate of drug-likeness (QED) is 0.743. The number of aromatic amines is 1. The van der Waals surface area contributed by atoms with Gasteiger partial charge in [0.15, 0.2) is 5.76 Å². The van der Waals surface area contributed by atoms with Crippen molar-refractivity contribution in [1.82, 2.24) is 15.0 Å². The Morgan fingerprint density at radius 3 is 2.89 bits per heavy atom. The Kier molecular flexibility index (Phi) is 2.49. The van der Waals surface area contributed by atoms with Crippen molar-refractivity contribution in [3.05, 3.63) is 59.3 Å². The van der Waals surface area contributed by atoms with Gasteiger partial charge in [-0.15, -0.1) is 0 Å². The van der Waals surface area contributed by atoms with E-state index in [4.69, 9.17) is 4.42 Å². The Hall–Kier alpha value is -2.69. The number of hydrogen-bond donors (Lipinski definition) is 1. The van der Waals surface area contributed by atoms with E-state index >= 15 is 0 Å². The van der Waals surface area contributed by atoms with E-state index in [-0.39, 0.29) is 5.56 Å². The van der Waals surface area contributed by atoms with Gasteiger partial charge in [0.05, 0.1) is 6.26 Å². The molecule has 3 heterocycles. The van der Waals surface area contributed by atoms with Gasteiger partial charge in [0, 0.05) is 24.0 Å². The van der Waals surface area contributed by atoms with Crippen molar-refractivity contribution in [2.45, 2.75) is 0 Å². The van der Waals surface area contributed by atoms with Gasteiger partial charge in [-0.3, -0.25) is 9.78 Å². The lowest BCUT2D eigenvalue weighted by atomic mass is 10.2. The van der Waals surface area contributed by atoms with Crippen LogP contribution >= 0.6 is 0 Å². The molecule has 0 aliphatic heterocycles. The van der Waals surface area contributed by atoms with E-state index in [0.717, 1.165) is 5.56 Å². The van der Waals surface area contributed by atoms with E-state index in [2.05, 4.69) is 15.0 Å². The summed E-state index contributed by atoms with van der Waals surface area (Å²) in [4.78, 5) is 22.7. The van der Waals surface area contributed by atoms with Gasteiger partial charge in [-0.05, 0) is 24.3 Å². The topological polar surface area (TPSA) is 71.8 Å². The molecule has 0 radical (unpaired) electrons. The third-order valence-corrected chi connectivity index (χ3v) is 2.45. The van der Waals surface area contributed by atoms with Crippen LogP contribution < -0.4 is 5.56 Å². The van der Waals surface area contributed by atoms with E-state index in [1.54, 1.807) is 36.9 Å². The predicted octanol–water partition coefficient (Wildman–Crippen LogP) is 2.09. The second-order valence-electron chi connectivity index (χ2n) is 3.70. The number of aromatic nitrogens is 3. The molecule has 0 saturated heterocycles. The maximum Gasteiger partial charge on any atom is 0.251 e. The van der Waals surface area contributed by atoms with Crippen LogP contribution in [0.3, 0.4) is 0 Å². The first-order chi connectivity index (χ1) is 8.83. The normalized spacial score (nSPS) is 10.4. The third kappa shape index (κ3) is 1.93. The molecule has 0 spiro atoms. The Bertz CT molecular complexity index is 703. The molecule has 5 heteroatoms. The monoisotopic (exact) mass is 239 g/mol. The van der Waals surface area contributed by atoms with Gasteiger partial charge in [0.2, 0.25) is 0 Å². The van der Waals surface area contributed by atoms with E-state index in [9.17, 15) is 4.79 Å². The van der Waals surface area contributed by atoms with Crippen molar-refractivity contribution < 1.29 is 4.42 Å². The highest BCUT2D eigenvalue weighted by Gasteiger charge is 2.07. The molecule has 0 atom stereocenters. The summed E-state index contributed by atoms with van der Waals surface area (Å²) in [6.45, 7) is 0. The fourth-order valence-corrected chi connectivity index (χ4v) is 1.65. The van der Waals surface area contributed by atoms with Crippen LogP contribution in [-0.2, 0) is 0 Å². The van der Waals surface area contributed by atoms with Crippen molar-refractivity contribution in [2.75, 3.05) is 0 Å². The summed E-state index contributed by atoms with van der Waals surface area (Å²) < 4.78 is 5.23. The predicted molar refractivity (Wildman–Crippen MR) is 65.8 cm³/mol. The van der Waals surface area contributed by atoms with E-state index in [1.807, 2.05) is 6.07 Å². The summed E-state index contributed by atoms with van der Waals surface area (Å²) in [6, 6.07) is 8.53. The molecule has 88 valence electrons. The molecule has 0 aliphatic carbocycles. The first-order valence-electron chi connectivity index (χ1n) is 5.38. The number of nitrogens with zero attached hydrogens (tertiary/aromatic N) is 2. The fourth-order valence-electron chi connectivity index (χ4n) is 1.65. The number of pyridine rings is 1. The molecule has 3 rings (SSSR count). The molecule has 1 N–H and O–H groups in total. The lowest BCUT2D eigenvalue weighted by Gasteiger charge is -2.01. The summed E-state index contributed by atoms with van der Waals surface area (Å²) in [6.07, 6.45) is 4.85. The second-order valence-corrected chi connectivity index (χ2v) is 3.70. The van der Waals surface area contributed by atoms with Crippen LogP contribution in [0.4, 0.5) is 0 Å². The molecule has 5 nitrogen and oxygen atoms in total. The highest BCUT2D eigenvalue weighted by Crippen LogP contribution is 2.18. The van der Waals surface area contributed by atoms with Crippen LogP contribution in [0, 0.1) is 0 Å². The average Bonchev–Trinajstić information content (AvgIpc) is 2.93. The maximum atomic E-state index is 11.6. The average molecular weight is 239 g/mol. The minimum absolute atomic E-state index is 0.227. The first-order valence-corrected chi connectivity index (χ1v) is 5.38. The number of nitrogens with one attached hydrogen (secondary N) is 1. The molecule has 0 fully saturated rings. The van der Waals surface area contributed by atoms with Gasteiger partial charge < -0.3 is 9.40 Å². The summed E-state index contributed by atoms with van der Waals surface area (Å²) in [5, 5.41) is 0. The van der Waals surface area contributed by atoms with Crippen molar-refractivity contribution in [3.63, 3.8) is 0 Å². The van der Waals surface area contributed by atoms with Crippen LogP contribution in [0.1, 0.15) is 0 Å². The highest BCUT2D eigenvalue weighted by atomic mass is 16.3. The number of H-pyrrole nitrogens is 1. The Balaban J connectivity index is 2.15. The van der Waals surface area contributed by atoms with Crippen LogP contribution in [-0.4, -0.2) is 15.0 Å². The molecule has 0 saturated carbocycles. The molecule has 3 aromatic heterocycles. The van der Waals surface area contributed by atoms with Gasteiger partial charge >= 0.3 is 0 Å². The molecule has 0 unspecified atom stereocenters. The third-order valence-electron chi connectivity index (χ3n) is 2.45. The zero-order chi connectivity index (χ0) is 12.4. The molecule has 0 amide bonds. The maximum absolute atomic E-state index is 11.6. The number of hydrogen-bond acceptors (Lipinski definition) is 4. The highest BCUT2D eigenvalue weighted by molar-refractivity contribution is 5.58. The smallest absolute Gasteiger partial charge is 0.251 e. The Morgan fingerprint density at radius 1 is 1.22 bits per heavy atom. The summed E-state index contributed by atoms with van der Waals surface area (Å²) in [5.74, 6) is 1.04. The molecular formula is C13H9N3O2. The molecule has 18 heavy (non-hydrogen) atoms. The van der Waals surface area contributed by atoms with Crippen LogP contribution in [0.15, 0.2) is 58.2 Å². The summed E-state index contributed by atoms with van der Waals surface area (Å²) in [7, 11) is 0. The van der Waals surface area contributed by atoms with Crippen molar-refractivity contribution in [3.8, 4) is 22.8 Å². The van der Waals surface area contributed by atoms with Gasteiger partial charge in [-0.2, -0.15) is 0 Å². The standard InChI is InChI=1S/C13H9N3O2/c17-12-7-10(11-4-2-6-18-11)15-13(16-12)9-3-1-5-14-8-9/h1-8H,(H,15,16,17). The zero-order valence-corrected chi connectivity index (χ0v) is 9.33. The van der Waals surface area contributed by atoms with Crippen molar-refractivity contribution in [2.24, 2.45) is 0 Å². The first kappa shape index (κ1) is 10.5. The molecule has 0 bridgehead atoms. The Labute approximate surface area is 102 Å². The second kappa shape index (κ2) is 4.29. The molecular weight excluding hydrogens is 230 g/mol. The van der Waals surface area contributed by atoms with Crippen LogP contribution in [0.25, 0.3) is 22.8 Å². The minimum Gasteiger partial charge on any atom is -0.463 e. The molecule has 3 aromatic rings. The number of rotatable bonds is 2. The van der Waals surface area contributed by atoms with Gasteiger partial charge in [-0.25, -0.2) is 4.98 Å². The van der Waals surface area contributed by atoms with Gasteiger partial charge in [-0.1, -0.05) is 0 Å². The van der Waals surface area contributed by atoms with Crippen molar-refractivity contribution >= 4 is 0 Å². The van der Waals surface area contributed by atoms with E-state index in [0.29, 0.717) is 17.3 Å². The molecule has 0 aromatic carbocycles. The van der Waals surface area contributed by atoms with Gasteiger partial charge in [0.1, 0.15) is 11.5 Å². The lowest BCUT2D eigenvalue weighted by Crippen LogP contribution is -2.08. The molecule has 0 aliphatic rings. The largest absolute Gasteiger partial charge is 0.463 e. The van der Waals surface area contributed by atoms with Crippen LogP contribution in [0.5, 0.6) is 0 Å². The zero-order valence-electron chi connectivity index (χ0n) is 9.33. The lowest BCUT2D eigenvalue weighted by molar-refractivity contribution is 0.580. The van der Waals surface area contributed by atoms with E-state index < -0.39 is 0 Å². The van der Waals surface area contributed by atoms with Crippen LogP contribution in [0.2, 0.25) is 0 Å². The fraction of sp³-hybridized carbons (Fsp3) is 0.